The van der Waals surface area contributed by atoms with Crippen molar-refractivity contribution in [3.63, 3.8) is 0 Å². The Morgan fingerprint density at radius 2 is 1.61 bits per heavy atom. The lowest BCUT2D eigenvalue weighted by molar-refractivity contribution is -0.131. The molecule has 28 heavy (non-hydrogen) atoms. The van der Waals surface area contributed by atoms with Crippen molar-refractivity contribution in [3.8, 4) is 0 Å². The van der Waals surface area contributed by atoms with Gasteiger partial charge in [-0.15, -0.1) is 0 Å². The number of amides is 1. The molecule has 0 bridgehead atoms. The van der Waals surface area contributed by atoms with Crippen LogP contribution in [0.5, 0.6) is 0 Å². The van der Waals surface area contributed by atoms with Crippen LogP contribution in [-0.2, 0) is 17.8 Å². The van der Waals surface area contributed by atoms with Gasteiger partial charge in [0.15, 0.2) is 0 Å². The molecular weight excluding hydrogens is 344 g/mol. The number of rotatable bonds is 11. The molecule has 3 nitrogen and oxygen atoms in total. The Balaban J connectivity index is 1.63. The van der Waals surface area contributed by atoms with E-state index in [1.807, 2.05) is 41.4 Å². The van der Waals surface area contributed by atoms with E-state index in [1.165, 1.54) is 37.7 Å². The third kappa shape index (κ3) is 5.72. The van der Waals surface area contributed by atoms with E-state index in [-0.39, 0.29) is 5.91 Å². The van der Waals surface area contributed by atoms with E-state index in [2.05, 4.69) is 36.2 Å². The summed E-state index contributed by atoms with van der Waals surface area (Å²) in [7, 11) is 0. The molecule has 0 spiro atoms. The van der Waals surface area contributed by atoms with Crippen molar-refractivity contribution >= 4 is 16.8 Å². The second kappa shape index (κ2) is 10.7. The second-order valence-electron chi connectivity index (χ2n) is 7.60. The quantitative estimate of drug-likeness (QED) is 0.403. The zero-order valence-corrected chi connectivity index (χ0v) is 17.0. The molecule has 3 heteroatoms. The summed E-state index contributed by atoms with van der Waals surface area (Å²) >= 11 is 0. The van der Waals surface area contributed by atoms with E-state index < -0.39 is 0 Å². The molecular formula is C25H32N2O. The summed E-state index contributed by atoms with van der Waals surface area (Å²) in [5, 5.41) is 1.15. The molecule has 1 amide bonds. The Hall–Kier alpha value is -2.55. The Morgan fingerprint density at radius 1 is 0.893 bits per heavy atom. The fourth-order valence-corrected chi connectivity index (χ4v) is 3.73. The highest BCUT2D eigenvalue weighted by atomic mass is 16.2. The molecule has 2 aromatic carbocycles. The van der Waals surface area contributed by atoms with Gasteiger partial charge in [0.2, 0.25) is 5.91 Å². The van der Waals surface area contributed by atoms with Crippen LogP contribution in [0.4, 0.5) is 0 Å². The van der Waals surface area contributed by atoms with Crippen LogP contribution >= 0.6 is 0 Å². The fraction of sp³-hybridized carbons (Fsp3) is 0.400. The second-order valence-corrected chi connectivity index (χ2v) is 7.60. The van der Waals surface area contributed by atoms with Gasteiger partial charge in [0.25, 0.3) is 0 Å². The zero-order valence-electron chi connectivity index (χ0n) is 17.0. The van der Waals surface area contributed by atoms with Gasteiger partial charge in [-0.25, -0.2) is 0 Å². The van der Waals surface area contributed by atoms with Crippen molar-refractivity contribution in [1.29, 1.82) is 0 Å². The first-order valence-corrected chi connectivity index (χ1v) is 10.6. The molecule has 1 heterocycles. The van der Waals surface area contributed by atoms with Crippen LogP contribution in [0, 0.1) is 0 Å². The Kier molecular flexibility index (Phi) is 7.71. The molecule has 0 unspecified atom stereocenters. The van der Waals surface area contributed by atoms with Crippen LogP contribution in [0.2, 0.25) is 0 Å². The summed E-state index contributed by atoms with van der Waals surface area (Å²) in [6.07, 6.45) is 9.86. The van der Waals surface area contributed by atoms with E-state index in [1.54, 1.807) is 0 Å². The van der Waals surface area contributed by atoms with Crippen LogP contribution in [0.3, 0.4) is 0 Å². The summed E-state index contributed by atoms with van der Waals surface area (Å²) in [5.74, 6) is 0.210. The van der Waals surface area contributed by atoms with E-state index in [4.69, 9.17) is 0 Å². The SMILES string of the molecule is CCCCCCCCN(Cc1ccccc1)C(=O)Cc1c[nH]c2ccccc12. The molecule has 3 aromatic rings. The van der Waals surface area contributed by atoms with Crippen LogP contribution in [0.1, 0.15) is 56.6 Å². The van der Waals surface area contributed by atoms with Crippen molar-refractivity contribution in [1.82, 2.24) is 9.88 Å². The number of aromatic amines is 1. The summed E-state index contributed by atoms with van der Waals surface area (Å²) in [4.78, 5) is 18.5. The number of para-hydroxylation sites is 1. The molecule has 1 N–H and O–H groups in total. The number of unbranched alkanes of at least 4 members (excludes halogenated alkanes) is 5. The van der Waals surface area contributed by atoms with Crippen molar-refractivity contribution in [2.75, 3.05) is 6.54 Å². The molecule has 0 saturated carbocycles. The number of fused-ring (bicyclic) bond motifs is 1. The van der Waals surface area contributed by atoms with Crippen molar-refractivity contribution < 1.29 is 4.79 Å². The number of aromatic nitrogens is 1. The summed E-state index contributed by atoms with van der Waals surface area (Å²) < 4.78 is 0. The lowest BCUT2D eigenvalue weighted by Gasteiger charge is -2.23. The third-order valence-corrected chi connectivity index (χ3v) is 5.37. The van der Waals surface area contributed by atoms with Gasteiger partial charge in [0.05, 0.1) is 6.42 Å². The summed E-state index contributed by atoms with van der Waals surface area (Å²) in [5.41, 5.74) is 3.37. The predicted molar refractivity (Wildman–Crippen MR) is 117 cm³/mol. The number of nitrogens with zero attached hydrogens (tertiary/aromatic N) is 1. The van der Waals surface area contributed by atoms with Crippen LogP contribution < -0.4 is 0 Å². The first-order chi connectivity index (χ1) is 13.8. The molecule has 1 aromatic heterocycles. The van der Waals surface area contributed by atoms with Gasteiger partial charge < -0.3 is 9.88 Å². The topological polar surface area (TPSA) is 36.1 Å². The third-order valence-electron chi connectivity index (χ3n) is 5.37. The minimum atomic E-state index is 0.210. The standard InChI is InChI=1S/C25H32N2O/c1-2-3-4-5-6-12-17-27(20-21-13-8-7-9-14-21)25(28)18-22-19-26-24-16-11-10-15-23(22)24/h7-11,13-16,19,26H,2-6,12,17-18,20H2,1H3. The lowest BCUT2D eigenvalue weighted by atomic mass is 10.1. The molecule has 0 aliphatic carbocycles. The van der Waals surface area contributed by atoms with Gasteiger partial charge in [-0.2, -0.15) is 0 Å². The van der Waals surface area contributed by atoms with Gasteiger partial charge in [-0.05, 0) is 23.6 Å². The monoisotopic (exact) mass is 376 g/mol. The maximum absolute atomic E-state index is 13.1. The predicted octanol–water partition coefficient (Wildman–Crippen LogP) is 6.10. The number of hydrogen-bond acceptors (Lipinski definition) is 1. The molecule has 0 atom stereocenters. The van der Waals surface area contributed by atoms with Crippen molar-refractivity contribution in [2.45, 2.75) is 58.4 Å². The molecule has 0 aliphatic rings. The van der Waals surface area contributed by atoms with Crippen LogP contribution in [0.25, 0.3) is 10.9 Å². The summed E-state index contributed by atoms with van der Waals surface area (Å²) in [6.45, 7) is 3.77. The largest absolute Gasteiger partial charge is 0.361 e. The number of H-pyrrole nitrogens is 1. The average Bonchev–Trinajstić information content (AvgIpc) is 3.13. The maximum Gasteiger partial charge on any atom is 0.227 e. The van der Waals surface area contributed by atoms with Crippen molar-refractivity contribution in [3.05, 3.63) is 71.9 Å². The Morgan fingerprint density at radius 3 is 2.43 bits per heavy atom. The van der Waals surface area contributed by atoms with E-state index in [0.717, 1.165) is 29.4 Å². The van der Waals surface area contributed by atoms with Gasteiger partial charge in [-0.1, -0.05) is 87.6 Å². The van der Waals surface area contributed by atoms with Gasteiger partial charge in [0, 0.05) is 30.2 Å². The number of benzene rings is 2. The van der Waals surface area contributed by atoms with Gasteiger partial charge >= 0.3 is 0 Å². The Bertz CT molecular complexity index is 853. The first kappa shape index (κ1) is 20.2. The van der Waals surface area contributed by atoms with Gasteiger partial charge in [0.1, 0.15) is 0 Å². The molecule has 0 radical (unpaired) electrons. The van der Waals surface area contributed by atoms with E-state index in [9.17, 15) is 4.79 Å². The fourth-order valence-electron chi connectivity index (χ4n) is 3.73. The van der Waals surface area contributed by atoms with Gasteiger partial charge in [-0.3, -0.25) is 4.79 Å². The normalized spacial score (nSPS) is 11.0. The smallest absolute Gasteiger partial charge is 0.227 e. The highest BCUT2D eigenvalue weighted by Gasteiger charge is 2.16. The number of nitrogens with one attached hydrogen (secondary N) is 1. The number of carbonyl (C=O) groups is 1. The molecule has 0 fully saturated rings. The van der Waals surface area contributed by atoms with Crippen LogP contribution in [-0.4, -0.2) is 22.3 Å². The van der Waals surface area contributed by atoms with E-state index >= 15 is 0 Å². The number of hydrogen-bond donors (Lipinski definition) is 1. The van der Waals surface area contributed by atoms with Crippen LogP contribution in [0.15, 0.2) is 60.8 Å². The first-order valence-electron chi connectivity index (χ1n) is 10.6. The molecule has 0 saturated heterocycles. The molecule has 0 aliphatic heterocycles. The number of carbonyl (C=O) groups excluding carboxylic acids is 1. The minimum absolute atomic E-state index is 0.210. The summed E-state index contributed by atoms with van der Waals surface area (Å²) in [6, 6.07) is 18.5. The highest BCUT2D eigenvalue weighted by molar-refractivity contribution is 5.88. The average molecular weight is 377 g/mol. The maximum atomic E-state index is 13.1. The lowest BCUT2D eigenvalue weighted by Crippen LogP contribution is -2.32. The highest BCUT2D eigenvalue weighted by Crippen LogP contribution is 2.19. The van der Waals surface area contributed by atoms with E-state index in [0.29, 0.717) is 13.0 Å². The van der Waals surface area contributed by atoms with Crippen molar-refractivity contribution in [2.24, 2.45) is 0 Å². The molecule has 148 valence electrons. The Labute approximate surface area is 168 Å². The minimum Gasteiger partial charge on any atom is -0.361 e. The molecule has 3 rings (SSSR count). The zero-order chi connectivity index (χ0) is 19.6.